The van der Waals surface area contributed by atoms with Crippen LogP contribution in [0.25, 0.3) is 22.2 Å². The molecular weight excluding hydrogens is 585 g/mol. The van der Waals surface area contributed by atoms with Crippen LogP contribution in [0.4, 0.5) is 34.4 Å². The number of rotatable bonds is 4. The molecule has 2 amide bonds. The second kappa shape index (κ2) is 10.9. The quantitative estimate of drug-likeness (QED) is 0.312. The van der Waals surface area contributed by atoms with Crippen LogP contribution in [0.2, 0.25) is 0 Å². The predicted octanol–water partition coefficient (Wildman–Crippen LogP) is 6.40. The van der Waals surface area contributed by atoms with E-state index in [2.05, 4.69) is 46.3 Å². The first-order valence-corrected chi connectivity index (χ1v) is 12.9. The van der Waals surface area contributed by atoms with Crippen molar-refractivity contribution in [2.75, 3.05) is 30.8 Å². The van der Waals surface area contributed by atoms with Gasteiger partial charge in [-0.3, -0.25) is 5.32 Å². The van der Waals surface area contributed by atoms with Gasteiger partial charge in [-0.2, -0.15) is 13.2 Å². The van der Waals surface area contributed by atoms with Crippen LogP contribution >= 0.6 is 15.9 Å². The van der Waals surface area contributed by atoms with Gasteiger partial charge < -0.3 is 24.7 Å². The molecule has 1 aliphatic heterocycles. The highest BCUT2D eigenvalue weighted by Gasteiger charge is 2.36. The molecule has 4 rings (SSSR count). The summed E-state index contributed by atoms with van der Waals surface area (Å²) in [5.41, 5.74) is -0.927. The lowest BCUT2D eigenvalue weighted by atomic mass is 10.0. The number of anilines is 2. The number of nitrogens with zero attached hydrogens (tertiary/aromatic N) is 3. The van der Waals surface area contributed by atoms with Crippen LogP contribution in [-0.2, 0) is 15.7 Å². The molecule has 210 valence electrons. The van der Waals surface area contributed by atoms with Gasteiger partial charge >= 0.3 is 18.4 Å². The Kier molecular flexibility index (Phi) is 7.96. The highest BCUT2D eigenvalue weighted by molar-refractivity contribution is 9.10. The molecule has 10 nitrogen and oxygen atoms in total. The van der Waals surface area contributed by atoms with Gasteiger partial charge in [0.1, 0.15) is 11.2 Å². The van der Waals surface area contributed by atoms with Gasteiger partial charge in [0.2, 0.25) is 5.95 Å². The first-order valence-electron chi connectivity index (χ1n) is 12.1. The second-order valence-electron chi connectivity index (χ2n) is 10.0. The zero-order valence-electron chi connectivity index (χ0n) is 21.7. The number of amides is 2. The smallest absolute Gasteiger partial charge is 0.419 e. The minimum atomic E-state index is -4.71. The highest BCUT2D eigenvalue weighted by atomic mass is 79.9. The second-order valence-corrected chi connectivity index (χ2v) is 10.8. The summed E-state index contributed by atoms with van der Waals surface area (Å²) in [6, 6.07) is 2.84. The number of aromatic nitrogens is 3. The molecule has 1 aromatic carbocycles. The number of ether oxygens (including phenoxy) is 2. The summed E-state index contributed by atoms with van der Waals surface area (Å²) in [6.45, 7) is 6.15. The van der Waals surface area contributed by atoms with Gasteiger partial charge in [-0.15, -0.1) is 0 Å². The fourth-order valence-electron chi connectivity index (χ4n) is 4.25. The third kappa shape index (κ3) is 6.54. The first-order chi connectivity index (χ1) is 18.3. The maximum Gasteiger partial charge on any atom is 0.419 e. The van der Waals surface area contributed by atoms with Gasteiger partial charge in [0.05, 0.1) is 28.5 Å². The van der Waals surface area contributed by atoms with Crippen molar-refractivity contribution in [2.24, 2.45) is 0 Å². The van der Waals surface area contributed by atoms with Crippen LogP contribution < -0.4 is 10.6 Å². The third-order valence-corrected chi connectivity index (χ3v) is 6.79. The summed E-state index contributed by atoms with van der Waals surface area (Å²) in [5, 5.41) is 6.07. The molecule has 1 saturated heterocycles. The van der Waals surface area contributed by atoms with E-state index in [1.807, 2.05) is 0 Å². The van der Waals surface area contributed by atoms with E-state index in [1.165, 1.54) is 13.3 Å². The molecular formula is C25H28BrF3N6O4. The Labute approximate surface area is 230 Å². The number of halogens is 4. The molecule has 3 heterocycles. The lowest BCUT2D eigenvalue weighted by Gasteiger charge is -2.34. The lowest BCUT2D eigenvalue weighted by molar-refractivity contribution is -0.137. The van der Waals surface area contributed by atoms with Crippen LogP contribution in [0, 0.1) is 0 Å². The fraction of sp³-hybridized carbons (Fsp3) is 0.440. The Morgan fingerprint density at radius 2 is 1.97 bits per heavy atom. The number of aromatic amines is 1. The van der Waals surface area contributed by atoms with Gasteiger partial charge in [0.15, 0.2) is 0 Å². The number of fused-ring (bicyclic) bond motifs is 1. The molecule has 3 aromatic rings. The molecule has 0 radical (unpaired) electrons. The molecule has 14 heteroatoms. The number of hydrogen-bond acceptors (Lipinski definition) is 7. The maximum atomic E-state index is 14.0. The number of nitrogens with one attached hydrogen (secondary N) is 3. The number of methoxy groups -OCH3 is 1. The van der Waals surface area contributed by atoms with Crippen LogP contribution in [-0.4, -0.2) is 63.9 Å². The molecule has 39 heavy (non-hydrogen) atoms. The van der Waals surface area contributed by atoms with E-state index in [0.717, 1.165) is 6.20 Å². The van der Waals surface area contributed by atoms with Gasteiger partial charge in [-0.1, -0.05) is 6.07 Å². The van der Waals surface area contributed by atoms with Gasteiger partial charge in [-0.05, 0) is 55.6 Å². The summed E-state index contributed by atoms with van der Waals surface area (Å²) in [7, 11) is 1.22. The van der Waals surface area contributed by atoms with E-state index < -0.39 is 29.5 Å². The van der Waals surface area contributed by atoms with Crippen LogP contribution in [0.15, 0.2) is 29.0 Å². The highest BCUT2D eigenvalue weighted by Crippen LogP contribution is 2.41. The standard InChI is InChI=1S/C25H28BrF3N6O4/c1-24(2,3)39-23(37)35-9-5-6-13(12-35)32-21-31-11-16(25(27,28)29)19(34-21)15-10-30-20-14(15)7-8-17(18(20)26)33-22(36)38-4/h7-8,10-11,13,30H,5-6,9,12H2,1-4H3,(H,33,36)(H,31,32,34)/t13-/m0/s1. The van der Waals surface area contributed by atoms with Crippen molar-refractivity contribution in [1.82, 2.24) is 19.9 Å². The SMILES string of the molecule is COC(=O)Nc1ccc2c(-c3nc(N[C@H]4CCCN(C(=O)OC(C)(C)C)C4)ncc3C(F)(F)F)c[nH]c2c1Br. The van der Waals surface area contributed by atoms with E-state index >= 15 is 0 Å². The number of piperidine rings is 1. The summed E-state index contributed by atoms with van der Waals surface area (Å²) in [4.78, 5) is 36.9. The van der Waals surface area contributed by atoms with Crippen molar-refractivity contribution in [3.8, 4) is 11.3 Å². The number of carbonyl (C=O) groups is 2. The minimum Gasteiger partial charge on any atom is -0.453 e. The van der Waals surface area contributed by atoms with E-state index in [0.29, 0.717) is 47.0 Å². The van der Waals surface area contributed by atoms with Gasteiger partial charge in [0.25, 0.3) is 0 Å². The minimum absolute atomic E-state index is 0.00596. The molecule has 1 atom stereocenters. The number of carbonyl (C=O) groups excluding carboxylic acids is 2. The van der Waals surface area contributed by atoms with E-state index in [1.54, 1.807) is 37.8 Å². The van der Waals surface area contributed by atoms with Crippen LogP contribution in [0.5, 0.6) is 0 Å². The Morgan fingerprint density at radius 3 is 2.64 bits per heavy atom. The van der Waals surface area contributed by atoms with Crippen molar-refractivity contribution < 1.29 is 32.2 Å². The number of benzene rings is 1. The van der Waals surface area contributed by atoms with Crippen molar-refractivity contribution in [1.29, 1.82) is 0 Å². The largest absolute Gasteiger partial charge is 0.453 e. The molecule has 0 bridgehead atoms. The molecule has 0 aliphatic carbocycles. The summed E-state index contributed by atoms with van der Waals surface area (Å²) < 4.78 is 52.5. The van der Waals surface area contributed by atoms with Gasteiger partial charge in [-0.25, -0.2) is 19.6 Å². The monoisotopic (exact) mass is 612 g/mol. The third-order valence-electron chi connectivity index (χ3n) is 5.97. The Morgan fingerprint density at radius 1 is 1.23 bits per heavy atom. The Bertz CT molecular complexity index is 1390. The predicted molar refractivity (Wildman–Crippen MR) is 143 cm³/mol. The van der Waals surface area contributed by atoms with Gasteiger partial charge in [0, 0.05) is 42.5 Å². The molecule has 0 saturated carbocycles. The molecule has 2 aromatic heterocycles. The van der Waals surface area contributed by atoms with Crippen LogP contribution in [0.1, 0.15) is 39.2 Å². The lowest BCUT2D eigenvalue weighted by Crippen LogP contribution is -2.47. The Hall–Kier alpha value is -3.55. The molecule has 0 spiro atoms. The average Bonchev–Trinajstić information content (AvgIpc) is 3.29. The summed E-state index contributed by atoms with van der Waals surface area (Å²) >= 11 is 3.39. The van der Waals surface area contributed by atoms with E-state index in [9.17, 15) is 22.8 Å². The molecule has 3 N–H and O–H groups in total. The number of hydrogen-bond donors (Lipinski definition) is 3. The Balaban J connectivity index is 1.65. The zero-order chi connectivity index (χ0) is 28.5. The number of H-pyrrole nitrogens is 1. The van der Waals surface area contributed by atoms with E-state index in [-0.39, 0.29) is 23.2 Å². The maximum absolute atomic E-state index is 14.0. The summed E-state index contributed by atoms with van der Waals surface area (Å²) in [5.74, 6) is 0.00596. The van der Waals surface area contributed by atoms with Crippen molar-refractivity contribution in [3.05, 3.63) is 34.6 Å². The van der Waals surface area contributed by atoms with Crippen molar-refractivity contribution >= 4 is 50.7 Å². The molecule has 1 aliphatic rings. The normalized spacial score (nSPS) is 16.2. The molecule has 1 fully saturated rings. The van der Waals surface area contributed by atoms with Crippen molar-refractivity contribution in [3.63, 3.8) is 0 Å². The zero-order valence-corrected chi connectivity index (χ0v) is 23.3. The summed E-state index contributed by atoms with van der Waals surface area (Å²) in [6.07, 6.45) is -2.32. The van der Waals surface area contributed by atoms with Crippen LogP contribution in [0.3, 0.4) is 0 Å². The number of likely N-dealkylation sites (tertiary alicyclic amines) is 1. The first kappa shape index (κ1) is 28.5. The van der Waals surface area contributed by atoms with E-state index in [4.69, 9.17) is 4.74 Å². The number of alkyl halides is 3. The fourth-order valence-corrected chi connectivity index (χ4v) is 4.81. The average molecular weight is 613 g/mol. The topological polar surface area (TPSA) is 121 Å². The van der Waals surface area contributed by atoms with Crippen molar-refractivity contribution in [2.45, 2.75) is 51.4 Å². The molecule has 0 unspecified atom stereocenters.